The van der Waals surface area contributed by atoms with Crippen LogP contribution in [0.2, 0.25) is 0 Å². The molecule has 0 aliphatic carbocycles. The number of fused-ring (bicyclic) bond motifs is 3. The summed E-state index contributed by atoms with van der Waals surface area (Å²) in [7, 11) is 0. The van der Waals surface area contributed by atoms with Crippen LogP contribution in [-0.4, -0.2) is 26.0 Å². The lowest BCUT2D eigenvalue weighted by molar-refractivity contribution is 0.0697. The second-order valence-corrected chi connectivity index (χ2v) is 5.63. The molecule has 124 valence electrons. The highest BCUT2D eigenvalue weighted by Gasteiger charge is 2.12. The molecule has 2 aromatic carbocycles. The van der Waals surface area contributed by atoms with Gasteiger partial charge in [-0.05, 0) is 30.3 Å². The van der Waals surface area contributed by atoms with Crippen LogP contribution in [0.4, 0.5) is 11.5 Å². The first-order valence-electron chi connectivity index (χ1n) is 7.76. The van der Waals surface area contributed by atoms with E-state index in [9.17, 15) is 9.90 Å². The van der Waals surface area contributed by atoms with E-state index in [4.69, 9.17) is 6.42 Å². The second kappa shape index (κ2) is 6.15. The molecule has 6 heteroatoms. The van der Waals surface area contributed by atoms with Gasteiger partial charge in [0.15, 0.2) is 5.82 Å². The molecule has 4 rings (SSSR count). The van der Waals surface area contributed by atoms with Crippen molar-refractivity contribution in [1.29, 1.82) is 0 Å². The van der Waals surface area contributed by atoms with Gasteiger partial charge in [0.25, 0.3) is 0 Å². The standard InChI is InChI=1S/C20H12N4O2/c1-2-12-4-3-5-14(8-12)23-19-18-16(10-21-11-22-18)15-7-6-13(20(25)26)9-17(15)24-19/h1,3-11H,(H,23,24)(H,25,26). The van der Waals surface area contributed by atoms with E-state index in [1.54, 1.807) is 18.3 Å². The fourth-order valence-corrected chi connectivity index (χ4v) is 2.78. The molecule has 6 nitrogen and oxygen atoms in total. The third kappa shape index (κ3) is 2.68. The Morgan fingerprint density at radius 1 is 1.15 bits per heavy atom. The topological polar surface area (TPSA) is 88.0 Å². The summed E-state index contributed by atoms with van der Waals surface area (Å²) in [6.45, 7) is 0. The van der Waals surface area contributed by atoms with Crippen molar-refractivity contribution in [2.45, 2.75) is 0 Å². The Hall–Kier alpha value is -3.98. The van der Waals surface area contributed by atoms with Crippen LogP contribution in [0.5, 0.6) is 0 Å². The van der Waals surface area contributed by atoms with Crippen molar-refractivity contribution in [2.24, 2.45) is 0 Å². The maximum Gasteiger partial charge on any atom is 0.335 e. The minimum Gasteiger partial charge on any atom is -0.478 e. The van der Waals surface area contributed by atoms with E-state index >= 15 is 0 Å². The number of hydrogen-bond donors (Lipinski definition) is 2. The van der Waals surface area contributed by atoms with Crippen molar-refractivity contribution in [2.75, 3.05) is 5.32 Å². The van der Waals surface area contributed by atoms with Crippen molar-refractivity contribution >= 4 is 39.3 Å². The molecule has 4 aromatic rings. The number of hydrogen-bond acceptors (Lipinski definition) is 5. The highest BCUT2D eigenvalue weighted by Crippen LogP contribution is 2.29. The van der Waals surface area contributed by atoms with Crippen LogP contribution in [-0.2, 0) is 0 Å². The van der Waals surface area contributed by atoms with Crippen molar-refractivity contribution in [3.05, 3.63) is 66.1 Å². The summed E-state index contributed by atoms with van der Waals surface area (Å²) >= 11 is 0. The number of carboxylic acid groups (broad SMARTS) is 1. The Labute approximate surface area is 148 Å². The molecule has 0 spiro atoms. The van der Waals surface area contributed by atoms with Crippen molar-refractivity contribution < 1.29 is 9.90 Å². The van der Waals surface area contributed by atoms with E-state index in [-0.39, 0.29) is 5.56 Å². The number of aromatic nitrogens is 3. The number of terminal acetylenes is 1. The molecule has 0 aliphatic rings. The van der Waals surface area contributed by atoms with Crippen molar-refractivity contribution in [3.8, 4) is 12.3 Å². The average Bonchev–Trinajstić information content (AvgIpc) is 2.68. The number of carboxylic acids is 1. The van der Waals surface area contributed by atoms with Gasteiger partial charge in [-0.2, -0.15) is 0 Å². The number of carbonyl (C=O) groups is 1. The molecule has 0 aliphatic heterocycles. The number of pyridine rings is 1. The minimum absolute atomic E-state index is 0.168. The van der Waals surface area contributed by atoms with Gasteiger partial charge < -0.3 is 10.4 Å². The van der Waals surface area contributed by atoms with Crippen LogP contribution in [0.3, 0.4) is 0 Å². The normalized spacial score (nSPS) is 10.6. The van der Waals surface area contributed by atoms with Gasteiger partial charge in [-0.1, -0.05) is 18.1 Å². The van der Waals surface area contributed by atoms with Crippen LogP contribution >= 0.6 is 0 Å². The number of nitrogens with one attached hydrogen (secondary N) is 1. The van der Waals surface area contributed by atoms with Gasteiger partial charge in [-0.25, -0.2) is 19.7 Å². The molecule has 2 heterocycles. The van der Waals surface area contributed by atoms with Gasteiger partial charge in [-0.3, -0.25) is 0 Å². The SMILES string of the molecule is C#Cc1cccc(Nc2nc3cc(C(=O)O)ccc3c3cncnc23)c1. The van der Waals surface area contributed by atoms with Crippen LogP contribution in [0.15, 0.2) is 55.0 Å². The third-order valence-electron chi connectivity index (χ3n) is 4.00. The summed E-state index contributed by atoms with van der Waals surface area (Å²) in [4.78, 5) is 24.3. The molecule has 26 heavy (non-hydrogen) atoms. The molecule has 2 aromatic heterocycles. The second-order valence-electron chi connectivity index (χ2n) is 5.63. The summed E-state index contributed by atoms with van der Waals surface area (Å²) in [5.74, 6) is 2.09. The molecule has 0 atom stereocenters. The summed E-state index contributed by atoms with van der Waals surface area (Å²) in [5.41, 5.74) is 2.86. The number of benzene rings is 2. The highest BCUT2D eigenvalue weighted by atomic mass is 16.4. The minimum atomic E-state index is -1.01. The predicted octanol–water partition coefficient (Wildman–Crippen LogP) is 3.60. The fourth-order valence-electron chi connectivity index (χ4n) is 2.78. The zero-order valence-corrected chi connectivity index (χ0v) is 13.5. The van der Waals surface area contributed by atoms with E-state index in [0.717, 1.165) is 22.0 Å². The van der Waals surface area contributed by atoms with Crippen LogP contribution in [0, 0.1) is 12.3 Å². The molecule has 0 saturated carbocycles. The smallest absolute Gasteiger partial charge is 0.335 e. The molecular formula is C20H12N4O2. The fraction of sp³-hybridized carbons (Fsp3) is 0. The molecule has 0 fully saturated rings. The van der Waals surface area contributed by atoms with E-state index in [0.29, 0.717) is 16.9 Å². The average molecular weight is 340 g/mol. The maximum atomic E-state index is 11.3. The van der Waals surface area contributed by atoms with Gasteiger partial charge in [-0.15, -0.1) is 6.42 Å². The lowest BCUT2D eigenvalue weighted by Gasteiger charge is -2.11. The van der Waals surface area contributed by atoms with Crippen molar-refractivity contribution in [1.82, 2.24) is 15.0 Å². The Bertz CT molecular complexity index is 1210. The lowest BCUT2D eigenvalue weighted by atomic mass is 10.1. The molecule has 0 saturated heterocycles. The Morgan fingerprint density at radius 2 is 2.04 bits per heavy atom. The Morgan fingerprint density at radius 3 is 2.85 bits per heavy atom. The maximum absolute atomic E-state index is 11.3. The lowest BCUT2D eigenvalue weighted by Crippen LogP contribution is -2.00. The predicted molar refractivity (Wildman–Crippen MR) is 99.5 cm³/mol. The monoisotopic (exact) mass is 340 g/mol. The number of rotatable bonds is 3. The van der Waals surface area contributed by atoms with E-state index in [1.807, 2.05) is 24.3 Å². The molecule has 0 bridgehead atoms. The zero-order valence-electron chi connectivity index (χ0n) is 13.5. The third-order valence-corrected chi connectivity index (χ3v) is 4.00. The van der Waals surface area contributed by atoms with Crippen LogP contribution in [0.1, 0.15) is 15.9 Å². The van der Waals surface area contributed by atoms with E-state index in [2.05, 4.69) is 26.2 Å². The van der Waals surface area contributed by atoms with Gasteiger partial charge >= 0.3 is 5.97 Å². The molecule has 0 radical (unpaired) electrons. The highest BCUT2D eigenvalue weighted by molar-refractivity contribution is 6.09. The van der Waals surface area contributed by atoms with E-state index < -0.39 is 5.97 Å². The zero-order chi connectivity index (χ0) is 18.1. The Balaban J connectivity index is 1.94. The summed E-state index contributed by atoms with van der Waals surface area (Å²) in [6, 6.07) is 12.2. The molecular weight excluding hydrogens is 328 g/mol. The summed E-state index contributed by atoms with van der Waals surface area (Å²) in [5, 5.41) is 14.0. The largest absolute Gasteiger partial charge is 0.478 e. The first-order chi connectivity index (χ1) is 12.7. The molecule has 0 amide bonds. The Kier molecular flexibility index (Phi) is 3.67. The quantitative estimate of drug-likeness (QED) is 0.438. The number of aromatic carboxylic acids is 1. The van der Waals surface area contributed by atoms with Crippen molar-refractivity contribution in [3.63, 3.8) is 0 Å². The van der Waals surface area contributed by atoms with Gasteiger partial charge in [0.1, 0.15) is 11.8 Å². The van der Waals surface area contributed by atoms with E-state index in [1.165, 1.54) is 12.4 Å². The first kappa shape index (κ1) is 15.5. The summed E-state index contributed by atoms with van der Waals surface area (Å²) < 4.78 is 0. The first-order valence-corrected chi connectivity index (χ1v) is 7.76. The number of nitrogens with zero attached hydrogens (tertiary/aromatic N) is 3. The van der Waals surface area contributed by atoms with Gasteiger partial charge in [0.05, 0.1) is 11.1 Å². The van der Waals surface area contributed by atoms with Crippen LogP contribution < -0.4 is 5.32 Å². The van der Waals surface area contributed by atoms with Crippen LogP contribution in [0.25, 0.3) is 21.8 Å². The van der Waals surface area contributed by atoms with Gasteiger partial charge in [0.2, 0.25) is 0 Å². The summed E-state index contributed by atoms with van der Waals surface area (Å²) in [6.07, 6.45) is 8.59. The molecule has 2 N–H and O–H groups in total. The molecule has 0 unspecified atom stereocenters. The number of anilines is 2. The van der Waals surface area contributed by atoms with Gasteiger partial charge in [0, 0.05) is 28.2 Å².